The smallest absolute Gasteiger partial charge is 0.409 e. The molecule has 0 aromatic carbocycles. The number of allylic oxidation sites excluding steroid dienone is 3. The first-order valence-corrected chi connectivity index (χ1v) is 11.0. The minimum absolute atomic E-state index is 0.155. The number of rotatable bonds is 4. The van der Waals surface area contributed by atoms with Crippen LogP contribution in [0.1, 0.15) is 52.4 Å². The Morgan fingerprint density at radius 3 is 2.82 bits per heavy atom. The van der Waals surface area contributed by atoms with Gasteiger partial charge in [-0.3, -0.25) is 4.84 Å². The SMILES string of the molecule is CCOC(=O)N1CCC(C)(CN2CC[C@H](N3OCCC4=CCCC=C43)C2)CC1. The normalized spacial score (nSPS) is 27.9. The zero-order valence-corrected chi connectivity index (χ0v) is 17.5. The van der Waals surface area contributed by atoms with E-state index in [-0.39, 0.29) is 11.5 Å². The molecule has 0 radical (unpaired) electrons. The van der Waals surface area contributed by atoms with E-state index in [9.17, 15) is 4.79 Å². The van der Waals surface area contributed by atoms with Crippen molar-refractivity contribution in [2.24, 2.45) is 5.41 Å². The van der Waals surface area contributed by atoms with Crippen molar-refractivity contribution in [2.45, 2.75) is 58.4 Å². The lowest BCUT2D eigenvalue weighted by Crippen LogP contribution is -2.47. The molecular weight excluding hydrogens is 354 g/mol. The number of carbonyl (C=O) groups is 1. The van der Waals surface area contributed by atoms with E-state index >= 15 is 0 Å². The number of amides is 1. The van der Waals surface area contributed by atoms with Gasteiger partial charge in [-0.15, -0.1) is 0 Å². The summed E-state index contributed by atoms with van der Waals surface area (Å²) < 4.78 is 5.15. The standard InChI is InChI=1S/C22H35N3O3/c1-3-27-21(26)24-13-10-22(2,11-14-24)17-23-12-8-19(16-23)25-20-7-5-4-6-18(20)9-15-28-25/h6-7,19H,3-5,8-17H2,1-2H3/t19-/m0/s1. The maximum absolute atomic E-state index is 12.0. The van der Waals surface area contributed by atoms with Crippen molar-refractivity contribution in [1.29, 1.82) is 0 Å². The van der Waals surface area contributed by atoms with Crippen molar-refractivity contribution >= 4 is 6.09 Å². The quantitative estimate of drug-likeness (QED) is 0.736. The van der Waals surface area contributed by atoms with Crippen LogP contribution in [0.4, 0.5) is 4.79 Å². The molecule has 0 N–H and O–H groups in total. The Bertz CT molecular complexity index is 637. The number of hydrogen-bond donors (Lipinski definition) is 0. The summed E-state index contributed by atoms with van der Waals surface area (Å²) in [5, 5.41) is 2.22. The molecule has 0 aromatic heterocycles. The Balaban J connectivity index is 1.30. The van der Waals surface area contributed by atoms with Crippen molar-refractivity contribution in [3.05, 3.63) is 23.4 Å². The highest BCUT2D eigenvalue weighted by atomic mass is 16.7. The second kappa shape index (κ2) is 8.46. The highest BCUT2D eigenvalue weighted by molar-refractivity contribution is 5.67. The summed E-state index contributed by atoms with van der Waals surface area (Å²) >= 11 is 0. The molecule has 3 heterocycles. The van der Waals surface area contributed by atoms with Crippen LogP contribution in [0.15, 0.2) is 23.4 Å². The Morgan fingerprint density at radius 1 is 1.25 bits per heavy atom. The summed E-state index contributed by atoms with van der Waals surface area (Å²) in [5.41, 5.74) is 3.09. The van der Waals surface area contributed by atoms with E-state index in [4.69, 9.17) is 9.57 Å². The molecular formula is C22H35N3O3. The number of hydrogen-bond acceptors (Lipinski definition) is 5. The molecule has 3 saturated heterocycles. The Hall–Kier alpha value is -1.53. The van der Waals surface area contributed by atoms with Gasteiger partial charge in [0.15, 0.2) is 0 Å². The fourth-order valence-corrected chi connectivity index (χ4v) is 5.09. The van der Waals surface area contributed by atoms with Crippen molar-refractivity contribution in [3.8, 4) is 0 Å². The van der Waals surface area contributed by atoms with Crippen molar-refractivity contribution < 1.29 is 14.4 Å². The van der Waals surface area contributed by atoms with Gasteiger partial charge in [0.1, 0.15) is 0 Å². The summed E-state index contributed by atoms with van der Waals surface area (Å²) in [4.78, 5) is 22.5. The monoisotopic (exact) mass is 389 g/mol. The molecule has 0 aromatic rings. The van der Waals surface area contributed by atoms with Crippen LogP contribution in [0.25, 0.3) is 0 Å². The first-order chi connectivity index (χ1) is 13.6. The van der Waals surface area contributed by atoms with Crippen molar-refractivity contribution in [1.82, 2.24) is 14.9 Å². The number of likely N-dealkylation sites (tertiary alicyclic amines) is 2. The van der Waals surface area contributed by atoms with E-state index in [1.165, 1.54) is 17.7 Å². The molecule has 6 heteroatoms. The van der Waals surface area contributed by atoms with E-state index in [2.05, 4.69) is 29.0 Å². The maximum atomic E-state index is 12.0. The van der Waals surface area contributed by atoms with Gasteiger partial charge in [0, 0.05) is 39.1 Å². The fraction of sp³-hybridized carbons (Fsp3) is 0.773. The summed E-state index contributed by atoms with van der Waals surface area (Å²) in [6.45, 7) is 10.4. The largest absolute Gasteiger partial charge is 0.450 e. The molecule has 28 heavy (non-hydrogen) atoms. The zero-order chi connectivity index (χ0) is 19.6. The summed E-state index contributed by atoms with van der Waals surface area (Å²) in [6.07, 6.45) is 11.2. The van der Waals surface area contributed by atoms with Gasteiger partial charge in [0.2, 0.25) is 0 Å². The summed E-state index contributed by atoms with van der Waals surface area (Å²) in [7, 11) is 0. The number of nitrogens with zero attached hydrogens (tertiary/aromatic N) is 3. The molecule has 4 aliphatic rings. The van der Waals surface area contributed by atoms with E-state index in [0.29, 0.717) is 12.6 Å². The lowest BCUT2D eigenvalue weighted by Gasteiger charge is -2.41. The Morgan fingerprint density at radius 2 is 2.04 bits per heavy atom. The predicted molar refractivity (Wildman–Crippen MR) is 109 cm³/mol. The van der Waals surface area contributed by atoms with Crippen molar-refractivity contribution in [2.75, 3.05) is 45.9 Å². The third-order valence-corrected chi connectivity index (χ3v) is 6.74. The van der Waals surface area contributed by atoms with Gasteiger partial charge >= 0.3 is 6.09 Å². The van der Waals surface area contributed by atoms with Gasteiger partial charge in [-0.25, -0.2) is 9.86 Å². The molecule has 0 saturated carbocycles. The van der Waals surface area contributed by atoms with E-state index in [1.807, 2.05) is 11.8 Å². The van der Waals surface area contributed by atoms with Crippen LogP contribution in [0.2, 0.25) is 0 Å². The molecule has 3 fully saturated rings. The molecule has 0 bridgehead atoms. The first kappa shape index (κ1) is 19.8. The maximum Gasteiger partial charge on any atom is 0.409 e. The van der Waals surface area contributed by atoms with Gasteiger partial charge in [0.25, 0.3) is 0 Å². The number of fused-ring (bicyclic) bond motifs is 1. The molecule has 6 nitrogen and oxygen atoms in total. The minimum atomic E-state index is -0.155. The average Bonchev–Trinajstić information content (AvgIpc) is 3.16. The van der Waals surface area contributed by atoms with Crippen molar-refractivity contribution in [3.63, 3.8) is 0 Å². The molecule has 156 valence electrons. The zero-order valence-electron chi connectivity index (χ0n) is 17.5. The second-order valence-electron chi connectivity index (χ2n) is 8.98. The first-order valence-electron chi connectivity index (χ1n) is 11.0. The molecule has 0 unspecified atom stereocenters. The Kier molecular flexibility index (Phi) is 5.97. The van der Waals surface area contributed by atoms with Crippen LogP contribution in [-0.2, 0) is 9.57 Å². The average molecular weight is 390 g/mol. The topological polar surface area (TPSA) is 45.2 Å². The van der Waals surface area contributed by atoms with Gasteiger partial charge in [0.05, 0.1) is 25.0 Å². The van der Waals surface area contributed by atoms with Gasteiger partial charge in [-0.05, 0) is 50.0 Å². The summed E-state index contributed by atoms with van der Waals surface area (Å²) in [5.74, 6) is 0. The lowest BCUT2D eigenvalue weighted by molar-refractivity contribution is -0.165. The molecule has 1 amide bonds. The van der Waals surface area contributed by atoms with E-state index in [0.717, 1.165) is 71.4 Å². The van der Waals surface area contributed by atoms with Crippen LogP contribution < -0.4 is 0 Å². The fourth-order valence-electron chi connectivity index (χ4n) is 5.09. The van der Waals surface area contributed by atoms with Crippen LogP contribution in [0.5, 0.6) is 0 Å². The molecule has 4 rings (SSSR count). The molecule has 1 aliphatic carbocycles. The minimum Gasteiger partial charge on any atom is -0.450 e. The van der Waals surface area contributed by atoms with Crippen LogP contribution in [0.3, 0.4) is 0 Å². The lowest BCUT2D eigenvalue weighted by atomic mass is 9.80. The molecule has 0 spiro atoms. The highest BCUT2D eigenvalue weighted by Crippen LogP contribution is 2.36. The second-order valence-corrected chi connectivity index (χ2v) is 8.98. The predicted octanol–water partition coefficient (Wildman–Crippen LogP) is 3.56. The Labute approximate surface area is 169 Å². The number of piperidine rings is 1. The van der Waals surface area contributed by atoms with Crippen LogP contribution in [-0.4, -0.2) is 72.9 Å². The summed E-state index contributed by atoms with van der Waals surface area (Å²) in [6, 6.07) is 0.455. The number of hydroxylamine groups is 2. The van der Waals surface area contributed by atoms with Gasteiger partial charge in [-0.2, -0.15) is 0 Å². The highest BCUT2D eigenvalue weighted by Gasteiger charge is 2.38. The third kappa shape index (κ3) is 4.23. The van der Waals surface area contributed by atoms with E-state index in [1.54, 1.807) is 0 Å². The van der Waals surface area contributed by atoms with Crippen LogP contribution >= 0.6 is 0 Å². The number of ether oxygens (including phenoxy) is 1. The van der Waals surface area contributed by atoms with Gasteiger partial charge in [-0.1, -0.05) is 19.1 Å². The van der Waals surface area contributed by atoms with Crippen LogP contribution in [0, 0.1) is 5.41 Å². The van der Waals surface area contributed by atoms with E-state index < -0.39 is 0 Å². The molecule has 3 aliphatic heterocycles. The third-order valence-electron chi connectivity index (χ3n) is 6.74. The van der Waals surface area contributed by atoms with Gasteiger partial charge < -0.3 is 14.5 Å². The molecule has 1 atom stereocenters. The number of carbonyl (C=O) groups excluding carboxylic acids is 1.